The van der Waals surface area contributed by atoms with Gasteiger partial charge in [-0.15, -0.1) is 0 Å². The van der Waals surface area contributed by atoms with Gasteiger partial charge in [0.1, 0.15) is 0 Å². The summed E-state index contributed by atoms with van der Waals surface area (Å²) in [6.45, 7) is 0.597. The number of thiol groups is 2. The van der Waals surface area contributed by atoms with E-state index in [4.69, 9.17) is 14.2 Å². The van der Waals surface area contributed by atoms with Crippen LogP contribution in [0.1, 0.15) is 35.2 Å². The van der Waals surface area contributed by atoms with Crippen molar-refractivity contribution in [2.24, 2.45) is 0 Å². The zero-order valence-electron chi connectivity index (χ0n) is 13.6. The SMILES string of the molecule is O=C(OCCCCC(S)(S)c1ccc2c(c1)OCO2)c1cccnc1. The predicted octanol–water partition coefficient (Wildman–Crippen LogP) is 3.85. The summed E-state index contributed by atoms with van der Waals surface area (Å²) in [7, 11) is 0. The third-order valence-corrected chi connectivity index (χ3v) is 4.85. The second kappa shape index (κ2) is 8.01. The van der Waals surface area contributed by atoms with Gasteiger partial charge in [0, 0.05) is 12.4 Å². The molecule has 132 valence electrons. The molecule has 0 N–H and O–H groups in total. The highest BCUT2D eigenvalue weighted by atomic mass is 32.2. The molecule has 7 heteroatoms. The van der Waals surface area contributed by atoms with Crippen LogP contribution in [0.3, 0.4) is 0 Å². The summed E-state index contributed by atoms with van der Waals surface area (Å²) in [5.74, 6) is 1.10. The van der Waals surface area contributed by atoms with E-state index in [1.165, 1.54) is 6.20 Å². The topological polar surface area (TPSA) is 57.7 Å². The lowest BCUT2D eigenvalue weighted by Crippen LogP contribution is -2.12. The van der Waals surface area contributed by atoms with Crippen molar-refractivity contribution in [3.8, 4) is 11.5 Å². The number of hydrogen-bond acceptors (Lipinski definition) is 7. The first-order chi connectivity index (χ1) is 12.1. The van der Waals surface area contributed by atoms with Crippen LogP contribution < -0.4 is 9.47 Å². The van der Waals surface area contributed by atoms with Crippen LogP contribution in [0.2, 0.25) is 0 Å². The number of carbonyl (C=O) groups excluding carboxylic acids is 1. The molecule has 0 unspecified atom stereocenters. The zero-order valence-corrected chi connectivity index (χ0v) is 15.3. The molecule has 0 fully saturated rings. The minimum absolute atomic E-state index is 0.243. The Morgan fingerprint density at radius 1 is 1.20 bits per heavy atom. The van der Waals surface area contributed by atoms with Gasteiger partial charge < -0.3 is 14.2 Å². The normalized spacial score (nSPS) is 12.9. The molecule has 1 aromatic heterocycles. The molecular weight excluding hydrogens is 358 g/mol. The van der Waals surface area contributed by atoms with Crippen LogP contribution in [0.5, 0.6) is 11.5 Å². The van der Waals surface area contributed by atoms with E-state index >= 15 is 0 Å². The van der Waals surface area contributed by atoms with Crippen molar-refractivity contribution >= 4 is 31.2 Å². The Hall–Kier alpha value is -1.86. The van der Waals surface area contributed by atoms with E-state index in [2.05, 4.69) is 30.2 Å². The molecule has 0 amide bonds. The third kappa shape index (κ3) is 4.61. The van der Waals surface area contributed by atoms with E-state index in [1.807, 2.05) is 18.2 Å². The second-order valence-corrected chi connectivity index (χ2v) is 7.60. The molecule has 1 aliphatic rings. The van der Waals surface area contributed by atoms with Crippen LogP contribution in [0.4, 0.5) is 0 Å². The number of unbranched alkanes of at least 4 members (excludes halogenated alkanes) is 1. The molecule has 0 atom stereocenters. The summed E-state index contributed by atoms with van der Waals surface area (Å²) in [6.07, 6.45) is 5.39. The number of esters is 1. The molecule has 0 saturated carbocycles. The van der Waals surface area contributed by atoms with Crippen molar-refractivity contribution in [1.82, 2.24) is 4.98 Å². The molecule has 1 aromatic carbocycles. The van der Waals surface area contributed by atoms with Gasteiger partial charge in [0.25, 0.3) is 0 Å². The van der Waals surface area contributed by atoms with E-state index in [-0.39, 0.29) is 12.8 Å². The lowest BCUT2D eigenvalue weighted by Gasteiger charge is -2.23. The molecule has 2 aromatic rings. The molecule has 1 aliphatic heterocycles. The lowest BCUT2D eigenvalue weighted by molar-refractivity contribution is 0.0497. The Kier molecular flexibility index (Phi) is 5.75. The van der Waals surface area contributed by atoms with Crippen molar-refractivity contribution in [3.63, 3.8) is 0 Å². The summed E-state index contributed by atoms with van der Waals surface area (Å²) in [4.78, 5) is 15.7. The number of nitrogens with zero attached hydrogens (tertiary/aromatic N) is 1. The zero-order chi connectivity index (χ0) is 17.7. The van der Waals surface area contributed by atoms with Gasteiger partial charge in [-0.3, -0.25) is 4.98 Å². The number of carbonyl (C=O) groups is 1. The summed E-state index contributed by atoms with van der Waals surface area (Å²) >= 11 is 9.34. The number of aromatic nitrogens is 1. The monoisotopic (exact) mass is 377 g/mol. The van der Waals surface area contributed by atoms with Crippen LogP contribution in [0.25, 0.3) is 0 Å². The molecule has 0 saturated heterocycles. The van der Waals surface area contributed by atoms with Gasteiger partial charge in [0.05, 0.1) is 16.2 Å². The smallest absolute Gasteiger partial charge is 0.339 e. The summed E-state index contributed by atoms with van der Waals surface area (Å²) in [5.41, 5.74) is 1.41. The molecule has 2 heterocycles. The maximum absolute atomic E-state index is 11.8. The van der Waals surface area contributed by atoms with Crippen LogP contribution in [-0.2, 0) is 8.82 Å². The number of rotatable bonds is 7. The molecular formula is C18H19NO4S2. The standard InChI is InChI=1S/C18H19NO4S2/c20-17(13-4-3-8-19-11-13)21-9-2-1-7-18(24,25)14-5-6-15-16(10-14)23-12-22-15/h3-6,8,10-11,24-25H,1-2,7,9,12H2. The first-order valence-electron chi connectivity index (χ1n) is 7.98. The fourth-order valence-electron chi connectivity index (χ4n) is 2.50. The highest BCUT2D eigenvalue weighted by Gasteiger charge is 2.25. The molecule has 0 spiro atoms. The van der Waals surface area contributed by atoms with Crippen molar-refractivity contribution < 1.29 is 19.0 Å². The van der Waals surface area contributed by atoms with E-state index < -0.39 is 4.08 Å². The first-order valence-corrected chi connectivity index (χ1v) is 8.88. The Bertz CT molecular complexity index is 737. The summed E-state index contributed by atoms with van der Waals surface area (Å²) in [6, 6.07) is 9.11. The quantitative estimate of drug-likeness (QED) is 0.332. The van der Waals surface area contributed by atoms with Crippen LogP contribution in [0.15, 0.2) is 42.7 Å². The third-order valence-electron chi connectivity index (χ3n) is 3.89. The molecule has 3 rings (SSSR count). The van der Waals surface area contributed by atoms with E-state index in [0.29, 0.717) is 12.2 Å². The average Bonchev–Trinajstić information content (AvgIpc) is 3.09. The average molecular weight is 377 g/mol. The first kappa shape index (κ1) is 17.9. The summed E-state index contributed by atoms with van der Waals surface area (Å²) < 4.78 is 15.4. The number of pyridine rings is 1. The Labute approximate surface area is 157 Å². The largest absolute Gasteiger partial charge is 0.462 e. The Morgan fingerprint density at radius 2 is 2.04 bits per heavy atom. The minimum atomic E-state index is -0.589. The molecule has 0 aliphatic carbocycles. The highest BCUT2D eigenvalue weighted by Crippen LogP contribution is 2.42. The lowest BCUT2D eigenvalue weighted by atomic mass is 10.0. The second-order valence-electron chi connectivity index (χ2n) is 5.72. The van der Waals surface area contributed by atoms with Gasteiger partial charge in [0.15, 0.2) is 11.5 Å². The van der Waals surface area contributed by atoms with Crippen molar-refractivity contribution in [2.45, 2.75) is 23.3 Å². The number of ether oxygens (including phenoxy) is 3. The van der Waals surface area contributed by atoms with Gasteiger partial charge in [-0.05, 0) is 49.1 Å². The highest BCUT2D eigenvalue weighted by molar-refractivity contribution is 7.99. The minimum Gasteiger partial charge on any atom is -0.462 e. The van der Waals surface area contributed by atoms with Crippen molar-refractivity contribution in [1.29, 1.82) is 0 Å². The fraction of sp³-hybridized carbons (Fsp3) is 0.333. The molecule has 5 nitrogen and oxygen atoms in total. The van der Waals surface area contributed by atoms with Crippen LogP contribution >= 0.6 is 25.3 Å². The Balaban J connectivity index is 1.44. The van der Waals surface area contributed by atoms with E-state index in [0.717, 1.165) is 36.3 Å². The van der Waals surface area contributed by atoms with Gasteiger partial charge in [-0.25, -0.2) is 4.79 Å². The molecule has 0 radical (unpaired) electrons. The summed E-state index contributed by atoms with van der Waals surface area (Å²) in [5, 5.41) is 0. The maximum atomic E-state index is 11.8. The van der Waals surface area contributed by atoms with Crippen molar-refractivity contribution in [2.75, 3.05) is 13.4 Å². The van der Waals surface area contributed by atoms with Crippen LogP contribution in [0, 0.1) is 0 Å². The van der Waals surface area contributed by atoms with Gasteiger partial charge in [-0.2, -0.15) is 25.3 Å². The maximum Gasteiger partial charge on any atom is 0.339 e. The van der Waals surface area contributed by atoms with Gasteiger partial charge in [0.2, 0.25) is 6.79 Å². The molecule has 25 heavy (non-hydrogen) atoms. The van der Waals surface area contributed by atoms with Gasteiger partial charge >= 0.3 is 5.97 Å². The van der Waals surface area contributed by atoms with Crippen LogP contribution in [-0.4, -0.2) is 24.4 Å². The fourth-order valence-corrected chi connectivity index (χ4v) is 3.09. The van der Waals surface area contributed by atoms with Gasteiger partial charge in [-0.1, -0.05) is 6.07 Å². The Morgan fingerprint density at radius 3 is 2.84 bits per heavy atom. The van der Waals surface area contributed by atoms with E-state index in [1.54, 1.807) is 18.3 Å². The number of fused-ring (bicyclic) bond motifs is 1. The predicted molar refractivity (Wildman–Crippen MR) is 101 cm³/mol. The van der Waals surface area contributed by atoms with Crippen molar-refractivity contribution in [3.05, 3.63) is 53.9 Å². The number of benzene rings is 1. The van der Waals surface area contributed by atoms with E-state index in [9.17, 15) is 4.79 Å². The molecule has 0 bridgehead atoms. The number of hydrogen-bond donors (Lipinski definition) is 2.